The van der Waals surface area contributed by atoms with E-state index >= 15 is 0 Å². The molecule has 2 atom stereocenters. The summed E-state index contributed by atoms with van der Waals surface area (Å²) in [6.07, 6.45) is 1.99. The van der Waals surface area contributed by atoms with Gasteiger partial charge >= 0.3 is 0 Å². The average molecular weight is 428 g/mol. The number of fused-ring (bicyclic) bond motifs is 2. The standard InChI is InChI=1S/C22H25N3O4S/c1-14-3-6-17(11-15(14)2)24-30(28,29)20-9-4-16(5-10-20)22(27)25-18-7-8-19(25)13-23-21(26)12-18/h3-6,9-11,18-19,24H,7-8,12-13H2,1-2H3,(H,23,26). The summed E-state index contributed by atoms with van der Waals surface area (Å²) in [7, 11) is -3.76. The smallest absolute Gasteiger partial charge is 0.261 e. The first-order chi connectivity index (χ1) is 14.2. The summed E-state index contributed by atoms with van der Waals surface area (Å²) in [4.78, 5) is 26.7. The first-order valence-electron chi connectivity index (χ1n) is 10.0. The number of nitrogens with one attached hydrogen (secondary N) is 2. The van der Waals surface area contributed by atoms with E-state index in [-0.39, 0.29) is 28.8 Å². The lowest BCUT2D eigenvalue weighted by molar-refractivity contribution is -0.121. The molecule has 8 heteroatoms. The van der Waals surface area contributed by atoms with Gasteiger partial charge in [0.25, 0.3) is 15.9 Å². The fourth-order valence-electron chi connectivity index (χ4n) is 4.16. The molecule has 2 amide bonds. The summed E-state index contributed by atoms with van der Waals surface area (Å²) in [5, 5.41) is 2.85. The van der Waals surface area contributed by atoms with Crippen molar-refractivity contribution in [2.75, 3.05) is 11.3 Å². The number of hydrogen-bond donors (Lipinski definition) is 2. The summed E-state index contributed by atoms with van der Waals surface area (Å²) in [6.45, 7) is 4.35. The molecule has 30 heavy (non-hydrogen) atoms. The number of amides is 2. The third-order valence-corrected chi connectivity index (χ3v) is 7.38. The van der Waals surface area contributed by atoms with Gasteiger partial charge in [0.05, 0.1) is 4.90 Å². The van der Waals surface area contributed by atoms with Crippen molar-refractivity contribution in [2.45, 2.75) is 50.1 Å². The van der Waals surface area contributed by atoms with Crippen LogP contribution in [0.4, 0.5) is 5.69 Å². The Balaban J connectivity index is 1.52. The van der Waals surface area contributed by atoms with Crippen LogP contribution in [-0.2, 0) is 14.8 Å². The van der Waals surface area contributed by atoms with E-state index in [1.807, 2.05) is 19.9 Å². The zero-order chi connectivity index (χ0) is 21.5. The molecule has 2 aromatic carbocycles. The second-order valence-corrected chi connectivity index (χ2v) is 9.72. The highest BCUT2D eigenvalue weighted by Gasteiger charge is 2.40. The van der Waals surface area contributed by atoms with E-state index in [1.165, 1.54) is 24.3 Å². The van der Waals surface area contributed by atoms with E-state index in [1.54, 1.807) is 17.0 Å². The van der Waals surface area contributed by atoms with Crippen molar-refractivity contribution in [3.8, 4) is 0 Å². The van der Waals surface area contributed by atoms with E-state index in [4.69, 9.17) is 0 Å². The second-order valence-electron chi connectivity index (χ2n) is 8.03. The number of aryl methyl sites for hydroxylation is 2. The minimum Gasteiger partial charge on any atom is -0.354 e. The molecule has 0 aromatic heterocycles. The maximum atomic E-state index is 13.1. The third-order valence-electron chi connectivity index (χ3n) is 5.98. The van der Waals surface area contributed by atoms with E-state index in [0.29, 0.717) is 24.2 Å². The van der Waals surface area contributed by atoms with Crippen molar-refractivity contribution < 1.29 is 18.0 Å². The van der Waals surface area contributed by atoms with Crippen LogP contribution in [0.1, 0.15) is 40.7 Å². The summed E-state index contributed by atoms with van der Waals surface area (Å²) in [5.41, 5.74) is 3.00. The summed E-state index contributed by atoms with van der Waals surface area (Å²) < 4.78 is 28.0. The quantitative estimate of drug-likeness (QED) is 0.784. The van der Waals surface area contributed by atoms with Crippen LogP contribution in [0.3, 0.4) is 0 Å². The van der Waals surface area contributed by atoms with Crippen LogP contribution in [0.5, 0.6) is 0 Å². The average Bonchev–Trinajstić information content (AvgIpc) is 3.02. The molecule has 2 N–H and O–H groups in total. The second kappa shape index (κ2) is 7.75. The number of anilines is 1. The molecule has 0 aliphatic carbocycles. The molecule has 2 saturated heterocycles. The molecule has 0 radical (unpaired) electrons. The Kier molecular flexibility index (Phi) is 5.27. The predicted octanol–water partition coefficient (Wildman–Crippen LogP) is 2.60. The largest absolute Gasteiger partial charge is 0.354 e. The van der Waals surface area contributed by atoms with Crippen molar-refractivity contribution in [3.05, 3.63) is 59.2 Å². The van der Waals surface area contributed by atoms with Gasteiger partial charge in [0.2, 0.25) is 5.91 Å². The van der Waals surface area contributed by atoms with Gasteiger partial charge in [-0.05, 0) is 74.2 Å². The third kappa shape index (κ3) is 3.92. The fourth-order valence-corrected chi connectivity index (χ4v) is 5.21. The zero-order valence-electron chi connectivity index (χ0n) is 17.0. The first-order valence-corrected chi connectivity index (χ1v) is 11.5. The molecule has 0 spiro atoms. The monoisotopic (exact) mass is 427 g/mol. The summed E-state index contributed by atoms with van der Waals surface area (Å²) >= 11 is 0. The minimum atomic E-state index is -3.76. The number of hydrogen-bond acceptors (Lipinski definition) is 4. The van der Waals surface area contributed by atoms with Gasteiger partial charge in [-0.1, -0.05) is 6.07 Å². The van der Waals surface area contributed by atoms with Crippen molar-refractivity contribution in [1.82, 2.24) is 10.2 Å². The first kappa shape index (κ1) is 20.4. The van der Waals surface area contributed by atoms with Crippen molar-refractivity contribution >= 4 is 27.5 Å². The van der Waals surface area contributed by atoms with E-state index < -0.39 is 10.0 Å². The molecular weight excluding hydrogens is 402 g/mol. The highest BCUT2D eigenvalue weighted by molar-refractivity contribution is 7.92. The predicted molar refractivity (Wildman–Crippen MR) is 114 cm³/mol. The van der Waals surface area contributed by atoms with E-state index in [0.717, 1.165) is 24.0 Å². The maximum Gasteiger partial charge on any atom is 0.261 e. The molecule has 2 aliphatic rings. The Labute approximate surface area is 176 Å². The van der Waals surface area contributed by atoms with Gasteiger partial charge in [-0.25, -0.2) is 8.42 Å². The molecule has 2 aliphatic heterocycles. The van der Waals surface area contributed by atoms with Gasteiger partial charge in [0.15, 0.2) is 0 Å². The van der Waals surface area contributed by atoms with Gasteiger partial charge in [-0.15, -0.1) is 0 Å². The molecular formula is C22H25N3O4S. The van der Waals surface area contributed by atoms with Gasteiger partial charge < -0.3 is 10.2 Å². The number of sulfonamides is 1. The van der Waals surface area contributed by atoms with Crippen LogP contribution < -0.4 is 10.0 Å². The Bertz CT molecular complexity index is 1100. The normalized spacial score (nSPS) is 21.1. The molecule has 2 unspecified atom stereocenters. The highest BCUT2D eigenvalue weighted by Crippen LogP contribution is 2.30. The van der Waals surface area contributed by atoms with Crippen molar-refractivity contribution in [2.24, 2.45) is 0 Å². The minimum absolute atomic E-state index is 0.0104. The molecule has 2 aromatic rings. The number of carbonyl (C=O) groups is 2. The Morgan fingerprint density at radius 3 is 2.43 bits per heavy atom. The maximum absolute atomic E-state index is 13.1. The fraction of sp³-hybridized carbons (Fsp3) is 0.364. The van der Waals surface area contributed by atoms with Crippen LogP contribution in [0.25, 0.3) is 0 Å². The topological polar surface area (TPSA) is 95.6 Å². The van der Waals surface area contributed by atoms with Gasteiger partial charge in [0.1, 0.15) is 0 Å². The summed E-state index contributed by atoms with van der Waals surface area (Å²) in [6, 6.07) is 11.2. The van der Waals surface area contributed by atoms with Crippen molar-refractivity contribution in [1.29, 1.82) is 0 Å². The van der Waals surface area contributed by atoms with Crippen molar-refractivity contribution in [3.63, 3.8) is 0 Å². The number of carbonyl (C=O) groups excluding carboxylic acids is 2. The molecule has 2 fully saturated rings. The van der Waals surface area contributed by atoms with E-state index in [2.05, 4.69) is 10.0 Å². The molecule has 0 saturated carbocycles. The van der Waals surface area contributed by atoms with Gasteiger partial charge in [-0.3, -0.25) is 14.3 Å². The molecule has 158 valence electrons. The lowest BCUT2D eigenvalue weighted by Gasteiger charge is -2.27. The van der Waals surface area contributed by atoms with Crippen LogP contribution in [0.2, 0.25) is 0 Å². The van der Waals surface area contributed by atoms with Crippen LogP contribution >= 0.6 is 0 Å². The van der Waals surface area contributed by atoms with Gasteiger partial charge in [0, 0.05) is 36.3 Å². The Morgan fingerprint density at radius 2 is 1.73 bits per heavy atom. The molecule has 2 bridgehead atoms. The van der Waals surface area contributed by atoms with Crippen LogP contribution in [0.15, 0.2) is 47.4 Å². The summed E-state index contributed by atoms with van der Waals surface area (Å²) in [5.74, 6) is -0.191. The Hall–Kier alpha value is -2.87. The number of nitrogens with zero attached hydrogens (tertiary/aromatic N) is 1. The van der Waals surface area contributed by atoms with Crippen LogP contribution in [-0.4, -0.2) is 43.8 Å². The molecule has 4 rings (SSSR count). The molecule has 7 nitrogen and oxygen atoms in total. The van der Waals surface area contributed by atoms with Gasteiger partial charge in [-0.2, -0.15) is 0 Å². The van der Waals surface area contributed by atoms with E-state index in [9.17, 15) is 18.0 Å². The Morgan fingerprint density at radius 1 is 1.03 bits per heavy atom. The van der Waals surface area contributed by atoms with Crippen LogP contribution in [0, 0.1) is 13.8 Å². The SMILES string of the molecule is Cc1ccc(NS(=O)(=O)c2ccc(C(=O)N3C4CCC3CC(=O)NC4)cc2)cc1C. The zero-order valence-corrected chi connectivity index (χ0v) is 17.8. The lowest BCUT2D eigenvalue weighted by Crippen LogP contribution is -2.42. The number of benzene rings is 2. The molecule has 2 heterocycles. The highest BCUT2D eigenvalue weighted by atomic mass is 32.2. The number of rotatable bonds is 4. The lowest BCUT2D eigenvalue weighted by atomic mass is 10.1.